The molecule has 4 heteroatoms. The SMILES string of the molecule is Cn1ccnc1CCN(CCO)C1CCCC1. The summed E-state index contributed by atoms with van der Waals surface area (Å²) in [6, 6.07) is 0.683. The number of rotatable bonds is 6. The summed E-state index contributed by atoms with van der Waals surface area (Å²) in [4.78, 5) is 6.78. The molecule has 0 aliphatic heterocycles. The number of imidazole rings is 1. The molecule has 0 saturated heterocycles. The maximum Gasteiger partial charge on any atom is 0.109 e. The molecule has 1 aliphatic carbocycles. The first-order chi connectivity index (χ1) is 8.31. The second-order valence-corrected chi connectivity index (χ2v) is 4.90. The number of hydrogen-bond acceptors (Lipinski definition) is 3. The summed E-state index contributed by atoms with van der Waals surface area (Å²) in [7, 11) is 2.04. The Kier molecular flexibility index (Phi) is 4.57. The molecule has 0 atom stereocenters. The Hall–Kier alpha value is -0.870. The Bertz CT molecular complexity index is 331. The minimum atomic E-state index is 0.261. The van der Waals surface area contributed by atoms with Gasteiger partial charge >= 0.3 is 0 Å². The van der Waals surface area contributed by atoms with Crippen molar-refractivity contribution in [2.45, 2.75) is 38.1 Å². The number of nitrogens with zero attached hydrogens (tertiary/aromatic N) is 3. The molecule has 0 amide bonds. The molecule has 0 spiro atoms. The van der Waals surface area contributed by atoms with Crippen LogP contribution in [0.25, 0.3) is 0 Å². The number of aliphatic hydroxyl groups excluding tert-OH is 1. The summed E-state index contributed by atoms with van der Waals surface area (Å²) in [5, 5.41) is 9.15. The Morgan fingerprint density at radius 2 is 2.18 bits per heavy atom. The molecule has 1 N–H and O–H groups in total. The lowest BCUT2D eigenvalue weighted by Crippen LogP contribution is -2.37. The van der Waals surface area contributed by atoms with E-state index in [9.17, 15) is 0 Å². The zero-order valence-electron chi connectivity index (χ0n) is 10.7. The largest absolute Gasteiger partial charge is 0.395 e. The highest BCUT2D eigenvalue weighted by atomic mass is 16.3. The van der Waals surface area contributed by atoms with Crippen LogP contribution in [-0.2, 0) is 13.5 Å². The van der Waals surface area contributed by atoms with Crippen molar-refractivity contribution in [2.75, 3.05) is 19.7 Å². The van der Waals surface area contributed by atoms with Gasteiger partial charge in [0.05, 0.1) is 6.61 Å². The molecule has 0 radical (unpaired) electrons. The normalized spacial score (nSPS) is 17.1. The van der Waals surface area contributed by atoms with Gasteiger partial charge in [0.15, 0.2) is 0 Å². The smallest absolute Gasteiger partial charge is 0.109 e. The van der Waals surface area contributed by atoms with Crippen molar-refractivity contribution >= 4 is 0 Å². The molecule has 1 aromatic heterocycles. The van der Waals surface area contributed by atoms with E-state index in [-0.39, 0.29) is 6.61 Å². The second kappa shape index (κ2) is 6.17. The van der Waals surface area contributed by atoms with Crippen LogP contribution in [0.15, 0.2) is 12.4 Å². The van der Waals surface area contributed by atoms with Gasteiger partial charge in [-0.2, -0.15) is 0 Å². The Morgan fingerprint density at radius 3 is 2.76 bits per heavy atom. The monoisotopic (exact) mass is 237 g/mol. The van der Waals surface area contributed by atoms with E-state index < -0.39 is 0 Å². The molecule has 1 saturated carbocycles. The molecule has 0 unspecified atom stereocenters. The van der Waals surface area contributed by atoms with Gasteiger partial charge < -0.3 is 9.67 Å². The molecular weight excluding hydrogens is 214 g/mol. The minimum absolute atomic E-state index is 0.261. The van der Waals surface area contributed by atoms with Crippen LogP contribution in [0.5, 0.6) is 0 Å². The summed E-state index contributed by atoms with van der Waals surface area (Å²) in [5.41, 5.74) is 0. The fraction of sp³-hybridized carbons (Fsp3) is 0.769. The van der Waals surface area contributed by atoms with E-state index in [2.05, 4.69) is 14.5 Å². The molecule has 0 aromatic carbocycles. The van der Waals surface area contributed by atoms with Crippen molar-refractivity contribution in [3.05, 3.63) is 18.2 Å². The maximum absolute atomic E-state index is 9.15. The Labute approximate surface area is 103 Å². The van der Waals surface area contributed by atoms with E-state index in [0.717, 1.165) is 25.3 Å². The molecule has 17 heavy (non-hydrogen) atoms. The summed E-state index contributed by atoms with van der Waals surface area (Å²) < 4.78 is 2.08. The molecule has 1 aromatic rings. The van der Waals surface area contributed by atoms with Gasteiger partial charge in [-0.1, -0.05) is 12.8 Å². The van der Waals surface area contributed by atoms with E-state index in [1.807, 2.05) is 19.4 Å². The number of aryl methyl sites for hydroxylation is 1. The lowest BCUT2D eigenvalue weighted by molar-refractivity contribution is 0.152. The van der Waals surface area contributed by atoms with Crippen molar-refractivity contribution in [1.29, 1.82) is 0 Å². The second-order valence-electron chi connectivity index (χ2n) is 4.90. The van der Waals surface area contributed by atoms with Crippen LogP contribution in [0, 0.1) is 0 Å². The summed E-state index contributed by atoms with van der Waals surface area (Å²) >= 11 is 0. The quantitative estimate of drug-likeness (QED) is 0.808. The van der Waals surface area contributed by atoms with Crippen molar-refractivity contribution in [1.82, 2.24) is 14.5 Å². The van der Waals surface area contributed by atoms with Crippen molar-refractivity contribution < 1.29 is 5.11 Å². The van der Waals surface area contributed by atoms with Crippen LogP contribution in [0.4, 0.5) is 0 Å². The van der Waals surface area contributed by atoms with Crippen LogP contribution in [-0.4, -0.2) is 45.3 Å². The van der Waals surface area contributed by atoms with E-state index >= 15 is 0 Å². The highest BCUT2D eigenvalue weighted by Crippen LogP contribution is 2.23. The molecule has 4 nitrogen and oxygen atoms in total. The van der Waals surface area contributed by atoms with Gasteiger partial charge in [0.25, 0.3) is 0 Å². The van der Waals surface area contributed by atoms with E-state index in [4.69, 9.17) is 5.11 Å². The van der Waals surface area contributed by atoms with Crippen molar-refractivity contribution in [2.24, 2.45) is 7.05 Å². The van der Waals surface area contributed by atoms with E-state index in [1.165, 1.54) is 25.7 Å². The standard InChI is InChI=1S/C13H23N3O/c1-15-9-7-14-13(15)6-8-16(10-11-17)12-4-2-3-5-12/h7,9,12,17H,2-6,8,10-11H2,1H3. The first-order valence-corrected chi connectivity index (χ1v) is 6.62. The molecular formula is C13H23N3O. The summed E-state index contributed by atoms with van der Waals surface area (Å²) in [6.45, 7) is 2.07. The Balaban J connectivity index is 1.86. The van der Waals surface area contributed by atoms with Gasteiger partial charge in [0.2, 0.25) is 0 Å². The van der Waals surface area contributed by atoms with Gasteiger partial charge in [-0.05, 0) is 12.8 Å². The number of aromatic nitrogens is 2. The molecule has 2 rings (SSSR count). The van der Waals surface area contributed by atoms with Crippen LogP contribution < -0.4 is 0 Å². The van der Waals surface area contributed by atoms with Crippen molar-refractivity contribution in [3.63, 3.8) is 0 Å². The first kappa shape index (κ1) is 12.6. The average Bonchev–Trinajstić information content (AvgIpc) is 2.96. The molecule has 1 heterocycles. The van der Waals surface area contributed by atoms with Crippen LogP contribution in [0.2, 0.25) is 0 Å². The fourth-order valence-corrected chi connectivity index (χ4v) is 2.76. The van der Waals surface area contributed by atoms with E-state index in [0.29, 0.717) is 6.04 Å². The summed E-state index contributed by atoms with van der Waals surface area (Å²) in [6.07, 6.45) is 10.1. The van der Waals surface area contributed by atoms with Gasteiger partial charge in [-0.25, -0.2) is 4.98 Å². The highest BCUT2D eigenvalue weighted by molar-refractivity contribution is 4.92. The predicted molar refractivity (Wildman–Crippen MR) is 67.8 cm³/mol. The van der Waals surface area contributed by atoms with Crippen LogP contribution in [0.1, 0.15) is 31.5 Å². The van der Waals surface area contributed by atoms with Gasteiger partial charge in [-0.3, -0.25) is 4.90 Å². The van der Waals surface area contributed by atoms with Gasteiger partial charge in [0.1, 0.15) is 5.82 Å². The van der Waals surface area contributed by atoms with Gasteiger partial charge in [-0.15, -0.1) is 0 Å². The lowest BCUT2D eigenvalue weighted by atomic mass is 10.2. The highest BCUT2D eigenvalue weighted by Gasteiger charge is 2.21. The van der Waals surface area contributed by atoms with Crippen LogP contribution in [0.3, 0.4) is 0 Å². The third-order valence-corrected chi connectivity index (χ3v) is 3.77. The van der Waals surface area contributed by atoms with Crippen molar-refractivity contribution in [3.8, 4) is 0 Å². The molecule has 96 valence electrons. The molecule has 1 fully saturated rings. The zero-order valence-corrected chi connectivity index (χ0v) is 10.7. The predicted octanol–water partition coefficient (Wildman–Crippen LogP) is 1.20. The number of aliphatic hydroxyl groups is 1. The zero-order chi connectivity index (χ0) is 12.1. The topological polar surface area (TPSA) is 41.3 Å². The third-order valence-electron chi connectivity index (χ3n) is 3.77. The lowest BCUT2D eigenvalue weighted by Gasteiger charge is -2.27. The van der Waals surface area contributed by atoms with E-state index in [1.54, 1.807) is 0 Å². The summed E-state index contributed by atoms with van der Waals surface area (Å²) in [5.74, 6) is 1.13. The van der Waals surface area contributed by atoms with Crippen LogP contribution >= 0.6 is 0 Å². The molecule has 0 bridgehead atoms. The average molecular weight is 237 g/mol. The van der Waals surface area contributed by atoms with Gasteiger partial charge in [0, 0.05) is 45.0 Å². The fourth-order valence-electron chi connectivity index (χ4n) is 2.76. The third kappa shape index (κ3) is 3.30. The number of hydrogen-bond donors (Lipinski definition) is 1. The first-order valence-electron chi connectivity index (χ1n) is 6.62. The minimum Gasteiger partial charge on any atom is -0.395 e. The maximum atomic E-state index is 9.15. The Morgan fingerprint density at radius 1 is 1.41 bits per heavy atom. The molecule has 1 aliphatic rings.